The number of hydrogen-bond donors (Lipinski definition) is 1. The van der Waals surface area contributed by atoms with Crippen LogP contribution < -0.4 is 5.32 Å². The summed E-state index contributed by atoms with van der Waals surface area (Å²) in [5.74, 6) is -0.888. The number of carbonyl (C=O) groups is 3. The molecule has 0 saturated heterocycles. The maximum absolute atomic E-state index is 13.9. The van der Waals surface area contributed by atoms with Crippen LogP contribution in [-0.2, 0) is 29.0 Å². The summed E-state index contributed by atoms with van der Waals surface area (Å²) in [6.07, 6.45) is 1.41. The van der Waals surface area contributed by atoms with E-state index < -0.39 is 11.8 Å². The first-order valence-electron chi connectivity index (χ1n) is 14.1. The molecule has 1 aliphatic carbocycles. The van der Waals surface area contributed by atoms with Crippen molar-refractivity contribution in [1.82, 2.24) is 10.2 Å². The Balaban J connectivity index is 1.28. The van der Waals surface area contributed by atoms with Crippen LogP contribution in [0.4, 0.5) is 4.39 Å². The second-order valence-corrected chi connectivity index (χ2v) is 10.9. The molecule has 212 valence electrons. The molecule has 1 fully saturated rings. The first kappa shape index (κ1) is 27.4. The summed E-state index contributed by atoms with van der Waals surface area (Å²) < 4.78 is 18.8. The fraction of sp³-hybridized carbons (Fsp3) is 0.229. The zero-order valence-corrected chi connectivity index (χ0v) is 23.3. The SMILES string of the molecule is COC(=O)c1cccc(-c2ccc(CNC(=O)[C@H]3C[C@H]3c3ccccc3)c3c2CCN(C(=O)c2cccc(F)c2)C3)c1. The van der Waals surface area contributed by atoms with Crippen LogP contribution in [0.1, 0.15) is 55.3 Å². The van der Waals surface area contributed by atoms with Crippen LogP contribution in [0.15, 0.2) is 91.0 Å². The van der Waals surface area contributed by atoms with Gasteiger partial charge < -0.3 is 15.0 Å². The van der Waals surface area contributed by atoms with Crippen molar-refractivity contribution in [2.45, 2.75) is 31.8 Å². The first-order chi connectivity index (χ1) is 20.4. The van der Waals surface area contributed by atoms with Gasteiger partial charge in [-0.25, -0.2) is 9.18 Å². The standard InChI is InChI=1S/C35H31FN2O4/c1-42-35(41)25-11-5-9-23(17-25)28-14-13-26(20-37-33(39)31-19-30(31)22-7-3-2-4-8-22)32-21-38(16-15-29(28)32)34(40)24-10-6-12-27(36)18-24/h2-14,17-18,30-31H,15-16,19-21H2,1H3,(H,37,39)/t30-,31-/m0/s1. The maximum Gasteiger partial charge on any atom is 0.337 e. The van der Waals surface area contributed by atoms with Gasteiger partial charge in [-0.05, 0) is 82.5 Å². The minimum absolute atomic E-state index is 0.0240. The lowest BCUT2D eigenvalue weighted by molar-refractivity contribution is -0.122. The number of esters is 1. The molecule has 1 aliphatic heterocycles. The van der Waals surface area contributed by atoms with Crippen LogP contribution in [0.5, 0.6) is 0 Å². The van der Waals surface area contributed by atoms with Gasteiger partial charge in [-0.15, -0.1) is 0 Å². The maximum atomic E-state index is 13.9. The highest BCUT2D eigenvalue weighted by molar-refractivity contribution is 5.94. The minimum Gasteiger partial charge on any atom is -0.465 e. The van der Waals surface area contributed by atoms with E-state index >= 15 is 0 Å². The van der Waals surface area contributed by atoms with Crippen LogP contribution in [0.3, 0.4) is 0 Å². The van der Waals surface area contributed by atoms with E-state index in [-0.39, 0.29) is 23.7 Å². The number of carbonyl (C=O) groups excluding carboxylic acids is 3. The van der Waals surface area contributed by atoms with E-state index in [1.54, 1.807) is 17.0 Å². The Kier molecular flexibility index (Phi) is 7.57. The summed E-state index contributed by atoms with van der Waals surface area (Å²) in [4.78, 5) is 40.4. The van der Waals surface area contributed by atoms with Gasteiger partial charge in [-0.3, -0.25) is 9.59 Å². The lowest BCUT2D eigenvalue weighted by atomic mass is 9.87. The van der Waals surface area contributed by atoms with E-state index in [1.807, 2.05) is 48.5 Å². The van der Waals surface area contributed by atoms with Gasteiger partial charge in [0.25, 0.3) is 5.91 Å². The number of fused-ring (bicyclic) bond motifs is 1. The third kappa shape index (κ3) is 5.55. The molecule has 0 bridgehead atoms. The summed E-state index contributed by atoms with van der Waals surface area (Å²) in [6, 6.07) is 27.1. The number of ether oxygens (including phenoxy) is 1. The molecule has 0 radical (unpaired) electrons. The number of halogens is 1. The van der Waals surface area contributed by atoms with E-state index in [1.165, 1.54) is 30.9 Å². The fourth-order valence-electron chi connectivity index (χ4n) is 5.95. The second kappa shape index (κ2) is 11.6. The number of rotatable bonds is 7. The summed E-state index contributed by atoms with van der Waals surface area (Å²) in [6.45, 7) is 1.13. The smallest absolute Gasteiger partial charge is 0.337 e. The molecule has 42 heavy (non-hydrogen) atoms. The number of hydrogen-bond acceptors (Lipinski definition) is 4. The van der Waals surface area contributed by atoms with Crippen LogP contribution in [0.25, 0.3) is 11.1 Å². The summed E-state index contributed by atoms with van der Waals surface area (Å²) in [5.41, 5.74) is 6.74. The van der Waals surface area contributed by atoms with Crippen molar-refractivity contribution >= 4 is 17.8 Å². The average molecular weight is 563 g/mol. The normalized spacial score (nSPS) is 17.2. The van der Waals surface area contributed by atoms with Gasteiger partial charge >= 0.3 is 5.97 Å². The summed E-state index contributed by atoms with van der Waals surface area (Å²) in [7, 11) is 1.36. The zero-order valence-electron chi connectivity index (χ0n) is 23.3. The topological polar surface area (TPSA) is 75.7 Å². The monoisotopic (exact) mass is 562 g/mol. The average Bonchev–Trinajstić information content (AvgIpc) is 3.84. The summed E-state index contributed by atoms with van der Waals surface area (Å²) >= 11 is 0. The Bertz CT molecular complexity index is 1670. The van der Waals surface area contributed by atoms with E-state index in [0.29, 0.717) is 37.2 Å². The first-order valence-corrected chi connectivity index (χ1v) is 14.1. The van der Waals surface area contributed by atoms with Gasteiger partial charge in [0.15, 0.2) is 0 Å². The molecular formula is C35H31FN2O4. The lowest BCUT2D eigenvalue weighted by Crippen LogP contribution is -2.37. The van der Waals surface area contributed by atoms with Crippen molar-refractivity contribution in [2.24, 2.45) is 5.92 Å². The van der Waals surface area contributed by atoms with Crippen molar-refractivity contribution < 1.29 is 23.5 Å². The van der Waals surface area contributed by atoms with Crippen molar-refractivity contribution in [1.29, 1.82) is 0 Å². The molecular weight excluding hydrogens is 531 g/mol. The molecule has 1 saturated carbocycles. The highest BCUT2D eigenvalue weighted by Crippen LogP contribution is 2.47. The van der Waals surface area contributed by atoms with Gasteiger partial charge in [0.1, 0.15) is 5.82 Å². The van der Waals surface area contributed by atoms with E-state index in [0.717, 1.165) is 34.2 Å². The van der Waals surface area contributed by atoms with Crippen molar-refractivity contribution in [3.05, 3.63) is 130 Å². The van der Waals surface area contributed by atoms with Gasteiger partial charge in [0, 0.05) is 31.1 Å². The zero-order chi connectivity index (χ0) is 29.2. The Morgan fingerprint density at radius 3 is 2.48 bits per heavy atom. The predicted octanol–water partition coefficient (Wildman–Crippen LogP) is 5.90. The summed E-state index contributed by atoms with van der Waals surface area (Å²) in [5, 5.41) is 3.13. The van der Waals surface area contributed by atoms with Crippen LogP contribution >= 0.6 is 0 Å². The molecule has 4 aromatic carbocycles. The molecule has 6 rings (SSSR count). The molecule has 4 aromatic rings. The molecule has 2 amide bonds. The lowest BCUT2D eigenvalue weighted by Gasteiger charge is -2.32. The number of nitrogens with zero attached hydrogens (tertiary/aromatic N) is 1. The van der Waals surface area contributed by atoms with Gasteiger partial charge in [0.05, 0.1) is 12.7 Å². The molecule has 6 nitrogen and oxygen atoms in total. The number of nitrogens with one attached hydrogen (secondary N) is 1. The van der Waals surface area contributed by atoms with E-state index in [2.05, 4.69) is 17.4 Å². The van der Waals surface area contributed by atoms with Crippen LogP contribution in [-0.4, -0.2) is 36.3 Å². The van der Waals surface area contributed by atoms with Crippen LogP contribution in [0, 0.1) is 11.7 Å². The molecule has 0 spiro atoms. The quantitative estimate of drug-likeness (QED) is 0.285. The predicted molar refractivity (Wildman–Crippen MR) is 157 cm³/mol. The van der Waals surface area contributed by atoms with E-state index in [4.69, 9.17) is 4.74 Å². The number of methoxy groups -OCH3 is 1. The number of benzene rings is 4. The van der Waals surface area contributed by atoms with E-state index in [9.17, 15) is 18.8 Å². The Morgan fingerprint density at radius 1 is 0.905 bits per heavy atom. The molecule has 1 heterocycles. The molecule has 0 unspecified atom stereocenters. The van der Waals surface area contributed by atoms with Gasteiger partial charge in [-0.1, -0.05) is 60.7 Å². The van der Waals surface area contributed by atoms with Gasteiger partial charge in [-0.2, -0.15) is 0 Å². The van der Waals surface area contributed by atoms with Crippen molar-refractivity contribution in [2.75, 3.05) is 13.7 Å². The van der Waals surface area contributed by atoms with Crippen LogP contribution in [0.2, 0.25) is 0 Å². The molecule has 2 atom stereocenters. The third-order valence-electron chi connectivity index (χ3n) is 8.27. The highest BCUT2D eigenvalue weighted by Gasteiger charge is 2.43. The number of amides is 2. The Labute approximate surface area is 244 Å². The Hall–Kier alpha value is -4.78. The molecule has 0 aromatic heterocycles. The largest absolute Gasteiger partial charge is 0.465 e. The van der Waals surface area contributed by atoms with Crippen molar-refractivity contribution in [3.8, 4) is 11.1 Å². The third-order valence-corrected chi connectivity index (χ3v) is 8.27. The molecule has 7 heteroatoms. The Morgan fingerprint density at radius 2 is 1.69 bits per heavy atom. The molecule has 2 aliphatic rings. The molecule has 1 N–H and O–H groups in total. The minimum atomic E-state index is -0.455. The highest BCUT2D eigenvalue weighted by atomic mass is 19.1. The second-order valence-electron chi connectivity index (χ2n) is 10.9. The van der Waals surface area contributed by atoms with Gasteiger partial charge in [0.2, 0.25) is 5.91 Å². The fourth-order valence-corrected chi connectivity index (χ4v) is 5.95. The van der Waals surface area contributed by atoms with Crippen molar-refractivity contribution in [3.63, 3.8) is 0 Å².